The SMILES string of the molecule is C(=Cc1ccc2ccc3ccc4ccc(C=Cc5ccccc5)cc4c3c2c1)c1ccccc1. The normalized spacial score (nSPS) is 11.9. The zero-order chi connectivity index (χ0) is 22.7. The maximum atomic E-state index is 2.32. The monoisotopic (exact) mass is 432 g/mol. The fourth-order valence-corrected chi connectivity index (χ4v) is 4.63. The number of hydrogen-bond acceptors (Lipinski definition) is 0. The average Bonchev–Trinajstić information content (AvgIpc) is 2.91. The van der Waals surface area contributed by atoms with E-state index in [1.807, 2.05) is 12.1 Å². The van der Waals surface area contributed by atoms with Gasteiger partial charge < -0.3 is 0 Å². The van der Waals surface area contributed by atoms with Gasteiger partial charge in [0.2, 0.25) is 0 Å². The van der Waals surface area contributed by atoms with Crippen molar-refractivity contribution in [3.05, 3.63) is 144 Å². The van der Waals surface area contributed by atoms with Crippen LogP contribution < -0.4 is 0 Å². The van der Waals surface area contributed by atoms with Crippen molar-refractivity contribution in [2.45, 2.75) is 0 Å². The Hall–Kier alpha value is -4.42. The molecule has 0 aliphatic carbocycles. The van der Waals surface area contributed by atoms with E-state index in [1.54, 1.807) is 0 Å². The Morgan fingerprint density at radius 3 is 1.18 bits per heavy atom. The topological polar surface area (TPSA) is 0 Å². The third kappa shape index (κ3) is 4.02. The van der Waals surface area contributed by atoms with E-state index in [0.29, 0.717) is 0 Å². The van der Waals surface area contributed by atoms with Crippen molar-refractivity contribution in [2.24, 2.45) is 0 Å². The van der Waals surface area contributed by atoms with Crippen LogP contribution in [0.5, 0.6) is 0 Å². The molecular formula is C34H24. The van der Waals surface area contributed by atoms with Gasteiger partial charge in [0.25, 0.3) is 0 Å². The molecule has 160 valence electrons. The molecule has 0 N–H and O–H groups in total. The van der Waals surface area contributed by atoms with E-state index in [4.69, 9.17) is 0 Å². The van der Waals surface area contributed by atoms with Crippen molar-refractivity contribution in [3.8, 4) is 0 Å². The summed E-state index contributed by atoms with van der Waals surface area (Å²) in [4.78, 5) is 0. The van der Waals surface area contributed by atoms with Crippen molar-refractivity contribution in [3.63, 3.8) is 0 Å². The molecule has 0 saturated heterocycles. The van der Waals surface area contributed by atoms with Gasteiger partial charge in [-0.2, -0.15) is 0 Å². The van der Waals surface area contributed by atoms with Crippen LogP contribution >= 0.6 is 0 Å². The Kier molecular flexibility index (Phi) is 5.26. The third-order valence-electron chi connectivity index (χ3n) is 6.40. The molecule has 0 atom stereocenters. The average molecular weight is 433 g/mol. The number of benzene rings is 6. The fourth-order valence-electron chi connectivity index (χ4n) is 4.63. The second-order valence-corrected chi connectivity index (χ2v) is 8.68. The highest BCUT2D eigenvalue weighted by molar-refractivity contribution is 6.20. The van der Waals surface area contributed by atoms with Gasteiger partial charge in [-0.3, -0.25) is 0 Å². The minimum atomic E-state index is 1.21. The molecule has 0 unspecified atom stereocenters. The summed E-state index contributed by atoms with van der Waals surface area (Å²) in [6.45, 7) is 0. The van der Waals surface area contributed by atoms with Gasteiger partial charge in [0.1, 0.15) is 0 Å². The van der Waals surface area contributed by atoms with Crippen molar-refractivity contribution in [1.82, 2.24) is 0 Å². The Bertz CT molecular complexity index is 1550. The van der Waals surface area contributed by atoms with Crippen LogP contribution in [0, 0.1) is 0 Å². The zero-order valence-corrected chi connectivity index (χ0v) is 18.9. The van der Waals surface area contributed by atoms with Gasteiger partial charge >= 0.3 is 0 Å². The lowest BCUT2D eigenvalue weighted by Gasteiger charge is -2.10. The summed E-state index contributed by atoms with van der Waals surface area (Å²) in [5.41, 5.74) is 4.84. The molecule has 0 saturated carbocycles. The van der Waals surface area contributed by atoms with E-state index < -0.39 is 0 Å². The van der Waals surface area contributed by atoms with Crippen LogP contribution in [0.4, 0.5) is 0 Å². The summed E-state index contributed by atoms with van der Waals surface area (Å²) in [5.74, 6) is 0. The summed E-state index contributed by atoms with van der Waals surface area (Å²) >= 11 is 0. The first-order valence-corrected chi connectivity index (χ1v) is 11.7. The number of hydrogen-bond donors (Lipinski definition) is 0. The first kappa shape index (κ1) is 20.2. The summed E-state index contributed by atoms with van der Waals surface area (Å²) in [6.07, 6.45) is 8.76. The first-order chi connectivity index (χ1) is 16.8. The predicted molar refractivity (Wildman–Crippen MR) is 150 cm³/mol. The molecule has 34 heavy (non-hydrogen) atoms. The molecule has 0 heteroatoms. The van der Waals surface area contributed by atoms with Crippen molar-refractivity contribution in [1.29, 1.82) is 0 Å². The molecular weight excluding hydrogens is 408 g/mol. The molecule has 0 aliphatic rings. The van der Waals surface area contributed by atoms with E-state index in [1.165, 1.54) is 54.6 Å². The maximum absolute atomic E-state index is 2.32. The van der Waals surface area contributed by atoms with Crippen molar-refractivity contribution in [2.75, 3.05) is 0 Å². The molecule has 6 aromatic carbocycles. The largest absolute Gasteiger partial charge is 0.0622 e. The van der Waals surface area contributed by atoms with Crippen molar-refractivity contribution < 1.29 is 0 Å². The smallest absolute Gasteiger partial charge is 0.00264 e. The van der Waals surface area contributed by atoms with Gasteiger partial charge in [0.15, 0.2) is 0 Å². The van der Waals surface area contributed by atoms with Crippen LogP contribution in [-0.2, 0) is 0 Å². The molecule has 0 nitrogen and oxygen atoms in total. The Labute approximate surface area is 200 Å². The lowest BCUT2D eigenvalue weighted by atomic mass is 9.94. The molecule has 0 bridgehead atoms. The number of fused-ring (bicyclic) bond motifs is 5. The second-order valence-electron chi connectivity index (χ2n) is 8.68. The minimum absolute atomic E-state index is 1.21. The highest BCUT2D eigenvalue weighted by Crippen LogP contribution is 2.34. The van der Waals surface area contributed by atoms with Crippen LogP contribution in [0.3, 0.4) is 0 Å². The predicted octanol–water partition coefficient (Wildman–Crippen LogP) is 9.49. The van der Waals surface area contributed by atoms with E-state index in [2.05, 4.69) is 133 Å². The van der Waals surface area contributed by atoms with Crippen LogP contribution in [-0.4, -0.2) is 0 Å². The quantitative estimate of drug-likeness (QED) is 0.192. The maximum Gasteiger partial charge on any atom is -0.00264 e. The lowest BCUT2D eigenvalue weighted by molar-refractivity contribution is 1.66. The Morgan fingerprint density at radius 2 is 0.706 bits per heavy atom. The molecule has 0 heterocycles. The summed E-state index contributed by atoms with van der Waals surface area (Å²) in [6, 6.07) is 43.4. The van der Waals surface area contributed by atoms with E-state index in [9.17, 15) is 0 Å². The van der Waals surface area contributed by atoms with Gasteiger partial charge in [-0.25, -0.2) is 0 Å². The lowest BCUT2D eigenvalue weighted by Crippen LogP contribution is -1.84. The Balaban J connectivity index is 1.50. The first-order valence-electron chi connectivity index (χ1n) is 11.7. The molecule has 0 amide bonds. The molecule has 6 rings (SSSR count). The highest BCUT2D eigenvalue weighted by Gasteiger charge is 2.07. The summed E-state index contributed by atoms with van der Waals surface area (Å²) in [5, 5.41) is 7.71. The van der Waals surface area contributed by atoms with Crippen LogP contribution in [0.25, 0.3) is 56.6 Å². The zero-order valence-electron chi connectivity index (χ0n) is 18.9. The summed E-state index contributed by atoms with van der Waals surface area (Å²) in [7, 11) is 0. The standard InChI is InChI=1S/C34H24/c1-3-7-25(8-4-1)11-13-27-15-17-29-19-21-31-22-20-30-18-16-28(14-12-26-9-5-2-6-10-26)24-33(30)34(31)32(29)23-27/h1-24H. The second kappa shape index (κ2) is 8.84. The fraction of sp³-hybridized carbons (Fsp3) is 0. The van der Waals surface area contributed by atoms with Gasteiger partial charge in [-0.1, -0.05) is 133 Å². The van der Waals surface area contributed by atoms with Gasteiger partial charge in [-0.05, 0) is 66.7 Å². The number of rotatable bonds is 4. The van der Waals surface area contributed by atoms with Gasteiger partial charge in [-0.15, -0.1) is 0 Å². The van der Waals surface area contributed by atoms with Crippen LogP contribution in [0.1, 0.15) is 22.3 Å². The van der Waals surface area contributed by atoms with E-state index in [0.717, 1.165) is 0 Å². The molecule has 0 fully saturated rings. The minimum Gasteiger partial charge on any atom is -0.0622 e. The molecule has 6 aromatic rings. The molecule has 0 spiro atoms. The van der Waals surface area contributed by atoms with Gasteiger partial charge in [0.05, 0.1) is 0 Å². The Morgan fingerprint density at radius 1 is 0.324 bits per heavy atom. The molecule has 0 aliphatic heterocycles. The van der Waals surface area contributed by atoms with Crippen molar-refractivity contribution >= 4 is 56.6 Å². The van der Waals surface area contributed by atoms with E-state index >= 15 is 0 Å². The van der Waals surface area contributed by atoms with E-state index in [-0.39, 0.29) is 0 Å². The van der Waals surface area contributed by atoms with Crippen LogP contribution in [0.15, 0.2) is 121 Å². The summed E-state index contributed by atoms with van der Waals surface area (Å²) < 4.78 is 0. The highest BCUT2D eigenvalue weighted by atomic mass is 14.1. The van der Waals surface area contributed by atoms with Crippen LogP contribution in [0.2, 0.25) is 0 Å². The third-order valence-corrected chi connectivity index (χ3v) is 6.40. The molecule has 0 radical (unpaired) electrons. The molecule has 0 aromatic heterocycles. The van der Waals surface area contributed by atoms with Gasteiger partial charge in [0, 0.05) is 0 Å².